The number of hydrogen-bond acceptors (Lipinski definition) is 0. The highest BCUT2D eigenvalue weighted by atomic mass is 19.4. The minimum Gasteiger partial charge on any atom is -0.244 e. The Morgan fingerprint density at radius 2 is 0.500 bits per heavy atom. The normalized spacial score (nSPS) is 33.0. The highest BCUT2D eigenvalue weighted by molar-refractivity contribution is 5.13. The van der Waals surface area contributed by atoms with Gasteiger partial charge in [-0.15, -0.1) is 0 Å². The Bertz CT molecular complexity index is 546. The third-order valence-corrected chi connectivity index (χ3v) is 4.37. The van der Waals surface area contributed by atoms with E-state index in [0.717, 1.165) is 0 Å². The van der Waals surface area contributed by atoms with Crippen LogP contribution in [0.2, 0.25) is 0 Å². The van der Waals surface area contributed by atoms with Crippen molar-refractivity contribution in [3.8, 4) is 0 Å². The van der Waals surface area contributed by atoms with Crippen molar-refractivity contribution in [3.05, 3.63) is 0 Å². The Morgan fingerprint density at radius 3 is 0.633 bits per heavy atom. The van der Waals surface area contributed by atoms with Crippen LogP contribution in [0.1, 0.15) is 0 Å². The smallest absolute Gasteiger partial charge is 0.244 e. The molecule has 1 aliphatic rings. The van der Waals surface area contributed by atoms with E-state index in [2.05, 4.69) is 0 Å². The van der Waals surface area contributed by atoms with E-state index >= 15 is 0 Å². The first kappa shape index (κ1) is 26.8. The minimum absolute atomic E-state index is 4.96. The zero-order valence-electron chi connectivity index (χ0n) is 13.3. The van der Waals surface area contributed by atoms with E-state index in [1.54, 1.807) is 0 Å². The maximum atomic E-state index is 13.7. The Morgan fingerprint density at radius 1 is 0.333 bits per heavy atom. The average Bonchev–Trinajstić information content (AvgIpc) is 2.50. The first-order valence-corrected chi connectivity index (χ1v) is 7.10. The van der Waals surface area contributed by atoms with Gasteiger partial charge in [-0.25, -0.2) is 17.6 Å². The van der Waals surface area contributed by atoms with Crippen molar-refractivity contribution >= 4 is 0 Å². The van der Waals surface area contributed by atoms with Crippen molar-refractivity contribution < 1.29 is 79.0 Å². The topological polar surface area (TPSA) is 0 Å². The summed E-state index contributed by atoms with van der Waals surface area (Å²) in [5.74, 6) is -38.9. The third kappa shape index (κ3) is 3.54. The monoisotopic (exact) mass is 492 g/mol. The molecule has 0 saturated heterocycles. The number of hydrogen-bond donors (Lipinski definition) is 0. The zero-order chi connectivity index (χ0) is 24.5. The van der Waals surface area contributed by atoms with Crippen LogP contribution in [0.25, 0.3) is 0 Å². The van der Waals surface area contributed by atoms with Crippen LogP contribution in [0.15, 0.2) is 0 Å². The van der Waals surface area contributed by atoms with Crippen LogP contribution >= 0.6 is 0 Å². The molecule has 0 aliphatic heterocycles. The van der Waals surface area contributed by atoms with Gasteiger partial charge in [0.05, 0.1) is 11.8 Å². The van der Waals surface area contributed by atoms with Gasteiger partial charge in [-0.1, -0.05) is 0 Å². The predicted octanol–water partition coefficient (Wildman–Crippen LogP) is 6.25. The van der Waals surface area contributed by atoms with E-state index in [9.17, 15) is 79.0 Å². The van der Waals surface area contributed by atoms with Crippen molar-refractivity contribution in [1.82, 2.24) is 0 Å². The van der Waals surface area contributed by atoms with Gasteiger partial charge in [0.2, 0.25) is 0 Å². The Balaban J connectivity index is 3.52. The molecule has 0 aromatic carbocycles. The van der Waals surface area contributed by atoms with Crippen LogP contribution in [0.3, 0.4) is 0 Å². The molecule has 30 heavy (non-hydrogen) atoms. The first-order chi connectivity index (χ1) is 12.9. The summed E-state index contributed by atoms with van der Waals surface area (Å²) in [7, 11) is 0. The molecule has 1 fully saturated rings. The molecule has 0 aromatic heterocycles. The molecular formula is C12H6F18. The van der Waals surface area contributed by atoms with E-state index in [4.69, 9.17) is 0 Å². The summed E-state index contributed by atoms with van der Waals surface area (Å²) >= 11 is 0. The predicted molar refractivity (Wildman–Crippen MR) is 58.5 cm³/mol. The van der Waals surface area contributed by atoms with Crippen LogP contribution < -0.4 is 0 Å². The van der Waals surface area contributed by atoms with Crippen LogP contribution in [0.5, 0.6) is 0 Å². The van der Waals surface area contributed by atoms with Gasteiger partial charge in [0.1, 0.15) is 24.7 Å². The maximum absolute atomic E-state index is 13.7. The van der Waals surface area contributed by atoms with Gasteiger partial charge < -0.3 is 0 Å². The number of halogens is 18. The summed E-state index contributed by atoms with van der Waals surface area (Å²) in [6, 6.07) is 0. The molecule has 18 heteroatoms. The summed E-state index contributed by atoms with van der Waals surface area (Å²) < 4.78 is 233. The van der Waals surface area contributed by atoms with Crippen molar-refractivity contribution in [2.45, 2.75) is 60.7 Å². The minimum atomic E-state index is -7.40. The zero-order valence-corrected chi connectivity index (χ0v) is 13.3. The molecule has 0 bridgehead atoms. The fourth-order valence-electron chi connectivity index (χ4n) is 2.74. The molecule has 0 nitrogen and oxygen atoms in total. The lowest BCUT2D eigenvalue weighted by Gasteiger charge is -2.47. The molecule has 180 valence electrons. The van der Waals surface area contributed by atoms with Gasteiger partial charge in [-0.2, -0.15) is 61.5 Å². The molecule has 0 heterocycles. The Kier molecular flexibility index (Phi) is 6.36. The summed E-state index contributed by atoms with van der Waals surface area (Å²) in [6.45, 7) is 0. The number of alkyl halides is 18. The maximum Gasteiger partial charge on any atom is 0.459 e. The van der Waals surface area contributed by atoms with Gasteiger partial charge in [0.15, 0.2) is 0 Å². The van der Waals surface area contributed by atoms with E-state index < -0.39 is 72.6 Å². The molecule has 0 radical (unpaired) electrons. The van der Waals surface area contributed by atoms with Gasteiger partial charge in [0.25, 0.3) is 0 Å². The molecule has 1 aliphatic carbocycles. The summed E-state index contributed by atoms with van der Waals surface area (Å²) in [4.78, 5) is 0. The summed E-state index contributed by atoms with van der Waals surface area (Å²) in [5, 5.41) is 0. The third-order valence-electron chi connectivity index (χ3n) is 4.37. The van der Waals surface area contributed by atoms with Crippen LogP contribution in [0, 0.1) is 11.8 Å². The van der Waals surface area contributed by atoms with Crippen molar-refractivity contribution in [1.29, 1.82) is 0 Å². The van der Waals surface area contributed by atoms with Crippen molar-refractivity contribution in [3.63, 3.8) is 0 Å². The lowest BCUT2D eigenvalue weighted by Crippen LogP contribution is -2.69. The van der Waals surface area contributed by atoms with E-state index in [-0.39, 0.29) is 0 Å². The lowest BCUT2D eigenvalue weighted by atomic mass is 9.69. The fourth-order valence-corrected chi connectivity index (χ4v) is 2.74. The molecule has 0 aromatic rings. The van der Waals surface area contributed by atoms with Gasteiger partial charge >= 0.3 is 36.0 Å². The molecule has 0 spiro atoms. The molecule has 0 N–H and O–H groups in total. The highest BCUT2D eigenvalue weighted by Gasteiger charge is 2.83. The van der Waals surface area contributed by atoms with Gasteiger partial charge in [0, 0.05) is 0 Å². The van der Waals surface area contributed by atoms with E-state index in [1.165, 1.54) is 0 Å². The second-order valence-electron chi connectivity index (χ2n) is 6.22. The standard InChI is InChI=1S/C12H6F18/c13-3-1(7(17,18)9(21,22)11(25,26)27)4(14)6(16)2(5(3)15)8(19,20)10(23,24)12(28,29)30/h1-6H. The van der Waals surface area contributed by atoms with Crippen LogP contribution in [-0.2, 0) is 0 Å². The summed E-state index contributed by atoms with van der Waals surface area (Å²) in [6.07, 6.45) is -34.4. The lowest BCUT2D eigenvalue weighted by molar-refractivity contribution is -0.392. The second kappa shape index (κ2) is 7.13. The van der Waals surface area contributed by atoms with Crippen molar-refractivity contribution in [2.75, 3.05) is 0 Å². The van der Waals surface area contributed by atoms with E-state index in [0.29, 0.717) is 0 Å². The Labute approximate surface area is 153 Å². The van der Waals surface area contributed by atoms with Crippen LogP contribution in [0.4, 0.5) is 79.0 Å². The molecule has 0 amide bonds. The van der Waals surface area contributed by atoms with Crippen molar-refractivity contribution in [2.24, 2.45) is 11.8 Å². The van der Waals surface area contributed by atoms with Gasteiger partial charge in [-0.3, -0.25) is 0 Å². The molecular weight excluding hydrogens is 486 g/mol. The Hall–Kier alpha value is -1.26. The number of rotatable bonds is 4. The van der Waals surface area contributed by atoms with Crippen LogP contribution in [-0.4, -0.2) is 60.7 Å². The molecule has 1 saturated carbocycles. The van der Waals surface area contributed by atoms with E-state index in [1.807, 2.05) is 0 Å². The molecule has 4 atom stereocenters. The highest BCUT2D eigenvalue weighted by Crippen LogP contribution is 2.59. The molecule has 4 unspecified atom stereocenters. The quantitative estimate of drug-likeness (QED) is 0.408. The summed E-state index contributed by atoms with van der Waals surface area (Å²) in [5.41, 5.74) is 0. The first-order valence-electron chi connectivity index (χ1n) is 7.10. The molecule has 1 rings (SSSR count). The largest absolute Gasteiger partial charge is 0.459 e. The van der Waals surface area contributed by atoms with Gasteiger partial charge in [-0.05, 0) is 0 Å². The SMILES string of the molecule is FC1C(F)C(C(F)(F)C(F)(F)C(F)(F)F)C(F)C(F)C1C(F)(F)C(F)(F)C(F)(F)F. The second-order valence-corrected chi connectivity index (χ2v) is 6.22. The fraction of sp³-hybridized carbons (Fsp3) is 1.00. The average molecular weight is 492 g/mol.